The van der Waals surface area contributed by atoms with E-state index < -0.39 is 0 Å². The molecular formula is C20H23N3O3. The molecule has 0 N–H and O–H groups in total. The number of fused-ring (bicyclic) bond motifs is 1. The molecule has 1 aliphatic carbocycles. The van der Waals surface area contributed by atoms with Crippen LogP contribution < -0.4 is 0 Å². The van der Waals surface area contributed by atoms with Gasteiger partial charge in [0.1, 0.15) is 0 Å². The van der Waals surface area contributed by atoms with E-state index in [1.807, 2.05) is 29.2 Å². The third-order valence-electron chi connectivity index (χ3n) is 5.13. The molecule has 1 saturated heterocycles. The van der Waals surface area contributed by atoms with E-state index in [1.54, 1.807) is 24.7 Å². The summed E-state index contributed by atoms with van der Waals surface area (Å²) in [6.45, 7) is 2.42. The maximum Gasteiger partial charge on any atom is 0.255 e. The van der Waals surface area contributed by atoms with Gasteiger partial charge in [0, 0.05) is 25.1 Å². The van der Waals surface area contributed by atoms with Gasteiger partial charge in [0.25, 0.3) is 5.91 Å². The summed E-state index contributed by atoms with van der Waals surface area (Å²) in [6, 6.07) is 9.57. The molecule has 1 saturated carbocycles. The van der Waals surface area contributed by atoms with Crippen LogP contribution in [0.1, 0.15) is 28.9 Å². The summed E-state index contributed by atoms with van der Waals surface area (Å²) < 4.78 is 11.8. The lowest BCUT2D eigenvalue weighted by Crippen LogP contribution is -2.51. The summed E-state index contributed by atoms with van der Waals surface area (Å²) >= 11 is 0. The largest absolute Gasteiger partial charge is 0.375 e. The second kappa shape index (κ2) is 7.93. The maximum absolute atomic E-state index is 12.8. The summed E-state index contributed by atoms with van der Waals surface area (Å²) in [5.41, 5.74) is 1.58. The zero-order valence-electron chi connectivity index (χ0n) is 14.7. The Kier molecular flexibility index (Phi) is 5.22. The van der Waals surface area contributed by atoms with Gasteiger partial charge in [-0.2, -0.15) is 0 Å². The minimum atomic E-state index is 0.0476. The average molecular weight is 353 g/mol. The van der Waals surface area contributed by atoms with E-state index in [0.29, 0.717) is 37.8 Å². The molecule has 4 rings (SSSR count). The highest BCUT2D eigenvalue weighted by atomic mass is 16.5. The van der Waals surface area contributed by atoms with Crippen LogP contribution in [0, 0.1) is 5.92 Å². The van der Waals surface area contributed by atoms with Gasteiger partial charge >= 0.3 is 0 Å². The van der Waals surface area contributed by atoms with E-state index in [9.17, 15) is 4.79 Å². The van der Waals surface area contributed by atoms with Crippen molar-refractivity contribution in [2.75, 3.05) is 19.8 Å². The van der Waals surface area contributed by atoms with Gasteiger partial charge in [0.2, 0.25) is 0 Å². The van der Waals surface area contributed by atoms with Crippen LogP contribution in [0.3, 0.4) is 0 Å². The van der Waals surface area contributed by atoms with Gasteiger partial charge < -0.3 is 14.4 Å². The Hall–Kier alpha value is -2.31. The fraction of sp³-hybridized carbons (Fsp3) is 0.450. The molecule has 0 unspecified atom stereocenters. The number of rotatable bonds is 5. The predicted molar refractivity (Wildman–Crippen MR) is 95.4 cm³/mol. The van der Waals surface area contributed by atoms with Crippen molar-refractivity contribution < 1.29 is 14.3 Å². The molecule has 2 aliphatic rings. The Morgan fingerprint density at radius 3 is 3.00 bits per heavy atom. The van der Waals surface area contributed by atoms with Gasteiger partial charge in [-0.15, -0.1) is 0 Å². The lowest BCUT2D eigenvalue weighted by atomic mass is 10.1. The summed E-state index contributed by atoms with van der Waals surface area (Å²) in [4.78, 5) is 23.1. The van der Waals surface area contributed by atoms with Crippen molar-refractivity contribution in [1.82, 2.24) is 14.9 Å². The SMILES string of the molecule is O=C(c1cccnc1)N1CCO[C@@H]2C[C@H](COCc3ccccn3)C[C@H]21. The average Bonchev–Trinajstić information content (AvgIpc) is 3.12. The molecule has 2 aromatic heterocycles. The third-order valence-corrected chi connectivity index (χ3v) is 5.13. The number of amides is 1. The third kappa shape index (κ3) is 3.76. The predicted octanol–water partition coefficient (Wildman–Crippen LogP) is 2.31. The first-order chi connectivity index (χ1) is 12.8. The molecule has 2 aromatic rings. The van der Waals surface area contributed by atoms with Crippen molar-refractivity contribution in [1.29, 1.82) is 0 Å². The number of morpholine rings is 1. The van der Waals surface area contributed by atoms with Crippen LogP contribution in [-0.4, -0.2) is 52.7 Å². The number of pyridine rings is 2. The highest BCUT2D eigenvalue weighted by Crippen LogP contribution is 2.35. The second-order valence-electron chi connectivity index (χ2n) is 6.89. The van der Waals surface area contributed by atoms with Gasteiger partial charge in [-0.25, -0.2) is 0 Å². The molecule has 0 bridgehead atoms. The van der Waals surface area contributed by atoms with E-state index in [1.165, 1.54) is 0 Å². The first-order valence-corrected chi connectivity index (χ1v) is 9.11. The molecule has 1 amide bonds. The van der Waals surface area contributed by atoms with Crippen LogP contribution in [-0.2, 0) is 16.1 Å². The molecule has 0 radical (unpaired) electrons. The van der Waals surface area contributed by atoms with Gasteiger partial charge in [0.05, 0.1) is 43.2 Å². The van der Waals surface area contributed by atoms with Gasteiger partial charge in [0.15, 0.2) is 0 Å². The van der Waals surface area contributed by atoms with E-state index >= 15 is 0 Å². The quantitative estimate of drug-likeness (QED) is 0.825. The number of nitrogens with zero attached hydrogens (tertiary/aromatic N) is 3. The lowest BCUT2D eigenvalue weighted by Gasteiger charge is -2.37. The Balaban J connectivity index is 1.35. The number of carbonyl (C=O) groups excluding carboxylic acids is 1. The molecule has 6 nitrogen and oxygen atoms in total. The number of carbonyl (C=O) groups is 1. The second-order valence-corrected chi connectivity index (χ2v) is 6.89. The van der Waals surface area contributed by atoms with Crippen LogP contribution in [0.25, 0.3) is 0 Å². The van der Waals surface area contributed by atoms with Crippen LogP contribution >= 0.6 is 0 Å². The molecule has 3 atom stereocenters. The Labute approximate surface area is 153 Å². The molecule has 136 valence electrons. The molecular weight excluding hydrogens is 330 g/mol. The maximum atomic E-state index is 12.8. The summed E-state index contributed by atoms with van der Waals surface area (Å²) in [5, 5.41) is 0. The van der Waals surface area contributed by atoms with E-state index in [4.69, 9.17) is 9.47 Å². The molecule has 1 aliphatic heterocycles. The fourth-order valence-corrected chi connectivity index (χ4v) is 3.91. The number of hydrogen-bond acceptors (Lipinski definition) is 5. The Bertz CT molecular complexity index is 726. The number of hydrogen-bond donors (Lipinski definition) is 0. The molecule has 26 heavy (non-hydrogen) atoms. The first-order valence-electron chi connectivity index (χ1n) is 9.11. The van der Waals surface area contributed by atoms with Gasteiger partial charge in [-0.05, 0) is 43.0 Å². The topological polar surface area (TPSA) is 64.6 Å². The molecule has 2 fully saturated rings. The van der Waals surface area contributed by atoms with Crippen molar-refractivity contribution in [3.8, 4) is 0 Å². The smallest absolute Gasteiger partial charge is 0.255 e. The highest BCUT2D eigenvalue weighted by Gasteiger charge is 2.43. The zero-order chi connectivity index (χ0) is 17.8. The van der Waals surface area contributed by atoms with E-state index in [0.717, 1.165) is 18.5 Å². The monoisotopic (exact) mass is 353 g/mol. The van der Waals surface area contributed by atoms with E-state index in [-0.39, 0.29) is 18.1 Å². The lowest BCUT2D eigenvalue weighted by molar-refractivity contribution is -0.0450. The normalized spacial score (nSPS) is 25.1. The molecule has 6 heteroatoms. The van der Waals surface area contributed by atoms with E-state index in [2.05, 4.69) is 9.97 Å². The first kappa shape index (κ1) is 17.1. The Morgan fingerprint density at radius 1 is 1.23 bits per heavy atom. The van der Waals surface area contributed by atoms with Gasteiger partial charge in [-0.3, -0.25) is 14.8 Å². The van der Waals surface area contributed by atoms with Crippen molar-refractivity contribution in [2.45, 2.75) is 31.6 Å². The zero-order valence-corrected chi connectivity index (χ0v) is 14.7. The minimum absolute atomic E-state index is 0.0476. The number of ether oxygens (including phenoxy) is 2. The minimum Gasteiger partial charge on any atom is -0.375 e. The van der Waals surface area contributed by atoms with Gasteiger partial charge in [-0.1, -0.05) is 6.07 Å². The molecule has 0 aromatic carbocycles. The van der Waals surface area contributed by atoms with Crippen molar-refractivity contribution >= 4 is 5.91 Å². The van der Waals surface area contributed by atoms with Crippen LogP contribution in [0.5, 0.6) is 0 Å². The number of aromatic nitrogens is 2. The fourth-order valence-electron chi connectivity index (χ4n) is 3.91. The van der Waals surface area contributed by atoms with Crippen molar-refractivity contribution in [3.63, 3.8) is 0 Å². The van der Waals surface area contributed by atoms with Crippen molar-refractivity contribution in [2.24, 2.45) is 5.92 Å². The summed E-state index contributed by atoms with van der Waals surface area (Å²) in [5.74, 6) is 0.447. The highest BCUT2D eigenvalue weighted by molar-refractivity contribution is 5.94. The van der Waals surface area contributed by atoms with Crippen LogP contribution in [0.15, 0.2) is 48.9 Å². The molecule has 3 heterocycles. The Morgan fingerprint density at radius 2 is 2.19 bits per heavy atom. The standard InChI is InChI=1S/C20H23N3O3/c24-20(16-4-3-6-21-12-16)23-8-9-26-19-11-15(10-18(19)23)13-25-14-17-5-1-2-7-22-17/h1-7,12,15,18-19H,8-11,13-14H2/t15-,18-,19-/m1/s1. The van der Waals surface area contributed by atoms with Crippen LogP contribution in [0.2, 0.25) is 0 Å². The summed E-state index contributed by atoms with van der Waals surface area (Å²) in [6.07, 6.45) is 7.05. The molecule has 0 spiro atoms. The van der Waals surface area contributed by atoms with Crippen LogP contribution in [0.4, 0.5) is 0 Å². The van der Waals surface area contributed by atoms with Crippen molar-refractivity contribution in [3.05, 3.63) is 60.2 Å². The summed E-state index contributed by atoms with van der Waals surface area (Å²) in [7, 11) is 0.